The molecular weight excluding hydrogens is 276 g/mol. The fourth-order valence-corrected chi connectivity index (χ4v) is 3.86. The predicted molar refractivity (Wildman–Crippen MR) is 91.1 cm³/mol. The van der Waals surface area contributed by atoms with Crippen LogP contribution in [0.2, 0.25) is 0 Å². The molecule has 0 bridgehead atoms. The minimum absolute atomic E-state index is 0.347. The summed E-state index contributed by atoms with van der Waals surface area (Å²) in [7, 11) is 1.64. The number of ether oxygens (including phenoxy) is 1. The molecule has 2 N–H and O–H groups in total. The number of β-amino-alcohol motifs (C(OH)–C–C–N with tert-alkyl or cyclic N) is 1. The van der Waals surface area contributed by atoms with Crippen LogP contribution in [0.1, 0.15) is 52.4 Å². The highest BCUT2D eigenvalue weighted by Crippen LogP contribution is 2.37. The number of hydrogen-bond donors (Lipinski definition) is 2. The molecule has 0 aromatic rings. The molecule has 1 atom stereocenters. The van der Waals surface area contributed by atoms with E-state index in [-0.39, 0.29) is 6.10 Å². The minimum Gasteiger partial charge on any atom is -0.389 e. The van der Waals surface area contributed by atoms with Gasteiger partial charge < -0.3 is 20.1 Å². The molecule has 0 aromatic carbocycles. The van der Waals surface area contributed by atoms with Crippen molar-refractivity contribution in [2.24, 2.45) is 11.3 Å². The van der Waals surface area contributed by atoms with Crippen molar-refractivity contribution in [2.75, 3.05) is 39.9 Å². The summed E-state index contributed by atoms with van der Waals surface area (Å²) < 4.78 is 5.00. The van der Waals surface area contributed by atoms with E-state index in [0.717, 1.165) is 25.6 Å². The molecule has 0 amide bonds. The topological polar surface area (TPSA) is 44.7 Å². The molecule has 22 heavy (non-hydrogen) atoms. The lowest BCUT2D eigenvalue weighted by Gasteiger charge is -2.37. The van der Waals surface area contributed by atoms with Crippen molar-refractivity contribution in [3.8, 4) is 0 Å². The maximum atomic E-state index is 9.80. The molecule has 1 saturated heterocycles. The summed E-state index contributed by atoms with van der Waals surface area (Å²) in [6.45, 7) is 9.39. The number of rotatable bonds is 7. The molecule has 1 aliphatic heterocycles. The van der Waals surface area contributed by atoms with Crippen LogP contribution in [0, 0.1) is 11.3 Å². The number of aliphatic hydroxyl groups is 1. The summed E-state index contributed by atoms with van der Waals surface area (Å²) >= 11 is 0. The Kier molecular flexibility index (Phi) is 7.13. The number of nitrogens with one attached hydrogen (secondary N) is 1. The summed E-state index contributed by atoms with van der Waals surface area (Å²) in [4.78, 5) is 2.37. The number of nitrogens with zero attached hydrogens (tertiary/aromatic N) is 1. The Bertz CT molecular complexity index is 304. The predicted octanol–water partition coefficient (Wildman–Crippen LogP) is 2.26. The van der Waals surface area contributed by atoms with Crippen molar-refractivity contribution in [1.29, 1.82) is 0 Å². The standard InChI is InChI=1S/C18H36N2O2/c1-18(2)8-4-15(5-9-18)12-19-16-6-10-20(11-7-16)13-17(21)14-22-3/h15-17,19,21H,4-14H2,1-3H3. The normalized spacial score (nSPS) is 26.2. The monoisotopic (exact) mass is 312 g/mol. The SMILES string of the molecule is COCC(O)CN1CCC(NCC2CCC(C)(C)CC2)CC1. The molecule has 2 aliphatic rings. The molecule has 2 fully saturated rings. The van der Waals surface area contributed by atoms with Crippen molar-refractivity contribution in [1.82, 2.24) is 10.2 Å². The average Bonchev–Trinajstić information content (AvgIpc) is 2.48. The smallest absolute Gasteiger partial charge is 0.0900 e. The Morgan fingerprint density at radius 2 is 1.82 bits per heavy atom. The second-order valence-electron chi connectivity index (χ2n) is 8.20. The van der Waals surface area contributed by atoms with E-state index >= 15 is 0 Å². The first kappa shape index (κ1) is 18.2. The van der Waals surface area contributed by atoms with Gasteiger partial charge in [0, 0.05) is 19.7 Å². The number of hydrogen-bond acceptors (Lipinski definition) is 4. The van der Waals surface area contributed by atoms with Crippen LogP contribution in [-0.4, -0.2) is 62.0 Å². The highest BCUT2D eigenvalue weighted by atomic mass is 16.5. The van der Waals surface area contributed by atoms with Crippen molar-refractivity contribution < 1.29 is 9.84 Å². The largest absolute Gasteiger partial charge is 0.389 e. The van der Waals surface area contributed by atoms with Gasteiger partial charge in [0.25, 0.3) is 0 Å². The van der Waals surface area contributed by atoms with Gasteiger partial charge in [-0.25, -0.2) is 0 Å². The van der Waals surface area contributed by atoms with E-state index in [1.807, 2.05) is 0 Å². The molecule has 1 unspecified atom stereocenters. The lowest BCUT2D eigenvalue weighted by Crippen LogP contribution is -2.46. The third kappa shape index (κ3) is 6.15. The molecule has 4 heteroatoms. The van der Waals surface area contributed by atoms with Crippen LogP contribution in [0.5, 0.6) is 0 Å². The van der Waals surface area contributed by atoms with Gasteiger partial charge in [-0.15, -0.1) is 0 Å². The van der Waals surface area contributed by atoms with E-state index in [4.69, 9.17) is 4.74 Å². The van der Waals surface area contributed by atoms with E-state index in [2.05, 4.69) is 24.1 Å². The average molecular weight is 312 g/mol. The first-order valence-corrected chi connectivity index (χ1v) is 9.11. The van der Waals surface area contributed by atoms with Crippen LogP contribution < -0.4 is 5.32 Å². The van der Waals surface area contributed by atoms with Gasteiger partial charge in [0.05, 0.1) is 12.7 Å². The zero-order valence-electron chi connectivity index (χ0n) is 14.8. The van der Waals surface area contributed by atoms with Gasteiger partial charge in [-0.1, -0.05) is 13.8 Å². The number of likely N-dealkylation sites (tertiary alicyclic amines) is 1. The fourth-order valence-electron chi connectivity index (χ4n) is 3.86. The van der Waals surface area contributed by atoms with Crippen molar-refractivity contribution in [3.05, 3.63) is 0 Å². The van der Waals surface area contributed by atoms with Crippen LogP contribution in [-0.2, 0) is 4.74 Å². The Morgan fingerprint density at radius 1 is 1.18 bits per heavy atom. The summed E-state index contributed by atoms with van der Waals surface area (Å²) in [6, 6.07) is 0.672. The molecule has 0 radical (unpaired) electrons. The quantitative estimate of drug-likeness (QED) is 0.757. The summed E-state index contributed by atoms with van der Waals surface area (Å²) in [6.07, 6.45) is 7.62. The van der Waals surface area contributed by atoms with Crippen LogP contribution in [0.3, 0.4) is 0 Å². The molecule has 0 spiro atoms. The zero-order valence-corrected chi connectivity index (χ0v) is 14.8. The van der Waals surface area contributed by atoms with E-state index in [1.54, 1.807) is 7.11 Å². The fraction of sp³-hybridized carbons (Fsp3) is 1.00. The van der Waals surface area contributed by atoms with Gasteiger partial charge >= 0.3 is 0 Å². The third-order valence-electron chi connectivity index (χ3n) is 5.57. The Labute approximate surface area is 136 Å². The zero-order chi connectivity index (χ0) is 16.0. The van der Waals surface area contributed by atoms with E-state index < -0.39 is 0 Å². The molecule has 4 nitrogen and oxygen atoms in total. The molecule has 1 aliphatic carbocycles. The van der Waals surface area contributed by atoms with Crippen LogP contribution >= 0.6 is 0 Å². The molecule has 2 rings (SSSR count). The van der Waals surface area contributed by atoms with Crippen LogP contribution in [0.15, 0.2) is 0 Å². The van der Waals surface area contributed by atoms with Gasteiger partial charge in [0.2, 0.25) is 0 Å². The highest BCUT2D eigenvalue weighted by molar-refractivity contribution is 4.83. The summed E-state index contributed by atoms with van der Waals surface area (Å²) in [5, 5.41) is 13.6. The summed E-state index contributed by atoms with van der Waals surface area (Å²) in [5.74, 6) is 0.884. The van der Waals surface area contributed by atoms with Gasteiger partial charge in [0.1, 0.15) is 0 Å². The maximum absolute atomic E-state index is 9.80. The number of aliphatic hydroxyl groups excluding tert-OH is 1. The van der Waals surface area contributed by atoms with E-state index in [9.17, 15) is 5.11 Å². The summed E-state index contributed by atoms with van der Waals surface area (Å²) in [5.41, 5.74) is 0.574. The van der Waals surface area contributed by atoms with Crippen LogP contribution in [0.4, 0.5) is 0 Å². The molecule has 130 valence electrons. The molecule has 1 saturated carbocycles. The van der Waals surface area contributed by atoms with Gasteiger partial charge in [-0.2, -0.15) is 0 Å². The van der Waals surface area contributed by atoms with Crippen LogP contribution in [0.25, 0.3) is 0 Å². The van der Waals surface area contributed by atoms with Gasteiger partial charge in [0.15, 0.2) is 0 Å². The van der Waals surface area contributed by atoms with E-state index in [0.29, 0.717) is 18.1 Å². The molecule has 1 heterocycles. The maximum Gasteiger partial charge on any atom is 0.0900 e. The lowest BCUT2D eigenvalue weighted by molar-refractivity contribution is 0.0308. The van der Waals surface area contributed by atoms with Crippen molar-refractivity contribution in [3.63, 3.8) is 0 Å². The minimum atomic E-state index is -0.347. The first-order chi connectivity index (χ1) is 10.5. The second kappa shape index (κ2) is 8.62. The Morgan fingerprint density at radius 3 is 2.41 bits per heavy atom. The first-order valence-electron chi connectivity index (χ1n) is 9.11. The third-order valence-corrected chi connectivity index (χ3v) is 5.57. The lowest BCUT2D eigenvalue weighted by atomic mass is 9.73. The highest BCUT2D eigenvalue weighted by Gasteiger charge is 2.27. The second-order valence-corrected chi connectivity index (χ2v) is 8.20. The van der Waals surface area contributed by atoms with E-state index in [1.165, 1.54) is 45.1 Å². The number of methoxy groups -OCH3 is 1. The Balaban J connectivity index is 1.58. The van der Waals surface area contributed by atoms with Gasteiger partial charge in [-0.05, 0) is 69.5 Å². The Hall–Kier alpha value is -0.160. The molecule has 0 aromatic heterocycles. The molecular formula is C18H36N2O2. The van der Waals surface area contributed by atoms with Crippen molar-refractivity contribution >= 4 is 0 Å². The van der Waals surface area contributed by atoms with Gasteiger partial charge in [-0.3, -0.25) is 0 Å². The number of piperidine rings is 1. The van der Waals surface area contributed by atoms with Crippen molar-refractivity contribution in [2.45, 2.75) is 64.5 Å².